The summed E-state index contributed by atoms with van der Waals surface area (Å²) >= 11 is 0. The van der Waals surface area contributed by atoms with Crippen molar-refractivity contribution in [3.05, 3.63) is 23.8 Å². The zero-order valence-electron chi connectivity index (χ0n) is 38.5. The highest BCUT2D eigenvalue weighted by molar-refractivity contribution is 5.70. The van der Waals surface area contributed by atoms with Gasteiger partial charge in [0.15, 0.2) is 0 Å². The molecule has 0 spiro atoms. The average Bonchev–Trinajstić information content (AvgIpc) is 3.21. The fraction of sp³-hybridized carbons (Fsp3) is 0.796. The summed E-state index contributed by atoms with van der Waals surface area (Å²) in [5, 5.41) is 0. The standard InChI is InChI=1S/C49H85NO10/c1-5-7-9-11-19-25-33-57-46(51)29-21-15-13-17-23-31-48(53)59-37-27-35-55-44-39-43(42-50(3)4)40-45(41-44)56-36-28-38-60-49(54)32-24-18-14-16-22-30-47(52)58-34-26-20-12-10-8-6-2/h39-41H,5-38,42H2,1-4H3. The monoisotopic (exact) mass is 848 g/mol. The Morgan fingerprint density at radius 1 is 0.383 bits per heavy atom. The molecule has 0 bridgehead atoms. The van der Waals surface area contributed by atoms with E-state index in [4.69, 9.17) is 28.4 Å². The lowest BCUT2D eigenvalue weighted by Crippen LogP contribution is -2.12. The van der Waals surface area contributed by atoms with Crippen LogP contribution in [-0.2, 0) is 44.7 Å². The van der Waals surface area contributed by atoms with Crippen LogP contribution >= 0.6 is 0 Å². The van der Waals surface area contributed by atoms with Gasteiger partial charge in [0.2, 0.25) is 0 Å². The van der Waals surface area contributed by atoms with E-state index in [2.05, 4.69) is 18.7 Å². The lowest BCUT2D eigenvalue weighted by atomic mass is 10.1. The van der Waals surface area contributed by atoms with Gasteiger partial charge < -0.3 is 33.3 Å². The fourth-order valence-corrected chi connectivity index (χ4v) is 6.69. The van der Waals surface area contributed by atoms with E-state index in [0.717, 1.165) is 102 Å². The summed E-state index contributed by atoms with van der Waals surface area (Å²) in [5.74, 6) is 0.805. The molecule has 11 nitrogen and oxygen atoms in total. The van der Waals surface area contributed by atoms with Crippen molar-refractivity contribution in [2.45, 2.75) is 200 Å². The summed E-state index contributed by atoms with van der Waals surface area (Å²) < 4.78 is 33.5. The minimum atomic E-state index is -0.191. The third kappa shape index (κ3) is 35.4. The maximum absolute atomic E-state index is 12.2. The van der Waals surface area contributed by atoms with Gasteiger partial charge in [-0.3, -0.25) is 19.2 Å². The van der Waals surface area contributed by atoms with Crippen LogP contribution in [0.5, 0.6) is 11.5 Å². The van der Waals surface area contributed by atoms with Crippen molar-refractivity contribution in [3.63, 3.8) is 0 Å². The number of nitrogens with zero attached hydrogens (tertiary/aromatic N) is 1. The molecule has 0 radical (unpaired) electrons. The van der Waals surface area contributed by atoms with E-state index in [9.17, 15) is 19.2 Å². The normalized spacial score (nSPS) is 11.1. The summed E-state index contributed by atoms with van der Waals surface area (Å²) in [4.78, 5) is 50.3. The molecule has 1 rings (SSSR count). The number of carbonyl (C=O) groups is 4. The van der Waals surface area contributed by atoms with Crippen molar-refractivity contribution in [3.8, 4) is 11.5 Å². The molecule has 0 aromatic heterocycles. The van der Waals surface area contributed by atoms with Crippen molar-refractivity contribution in [2.75, 3.05) is 53.7 Å². The van der Waals surface area contributed by atoms with Gasteiger partial charge in [-0.1, -0.05) is 117 Å². The molecule has 0 N–H and O–H groups in total. The molecule has 0 saturated heterocycles. The molecule has 0 fully saturated rings. The van der Waals surface area contributed by atoms with Crippen molar-refractivity contribution in [1.82, 2.24) is 4.90 Å². The number of benzene rings is 1. The Balaban J connectivity index is 2.12. The molecule has 1 aromatic carbocycles. The maximum Gasteiger partial charge on any atom is 0.305 e. The molecule has 0 aliphatic rings. The molecule has 0 aliphatic carbocycles. The van der Waals surface area contributed by atoms with E-state index in [0.29, 0.717) is 89.7 Å². The molecule has 0 saturated carbocycles. The Bertz CT molecular complexity index is 1140. The second kappa shape index (κ2) is 39.8. The first-order valence-corrected chi connectivity index (χ1v) is 23.9. The number of hydrogen-bond acceptors (Lipinski definition) is 11. The first-order chi connectivity index (χ1) is 29.2. The third-order valence-corrected chi connectivity index (χ3v) is 10.1. The van der Waals surface area contributed by atoms with E-state index in [-0.39, 0.29) is 23.9 Å². The SMILES string of the molecule is CCCCCCCCOC(=O)CCCCCCCC(=O)OCCCOc1cc(CN(C)C)cc(OCCCOC(=O)CCCCCCCC(=O)OCCCCCCCC)c1. The molecule has 0 heterocycles. The third-order valence-electron chi connectivity index (χ3n) is 10.1. The average molecular weight is 848 g/mol. The van der Waals surface area contributed by atoms with Gasteiger partial charge in [0.05, 0.1) is 39.6 Å². The fourth-order valence-electron chi connectivity index (χ4n) is 6.69. The van der Waals surface area contributed by atoms with Gasteiger partial charge >= 0.3 is 23.9 Å². The molecule has 0 aliphatic heterocycles. The molecule has 0 unspecified atom stereocenters. The van der Waals surface area contributed by atoms with E-state index in [1.165, 1.54) is 51.4 Å². The second-order valence-electron chi connectivity index (χ2n) is 16.4. The Hall–Kier alpha value is -3.34. The van der Waals surface area contributed by atoms with Crippen molar-refractivity contribution >= 4 is 23.9 Å². The Morgan fingerprint density at radius 2 is 0.683 bits per heavy atom. The summed E-state index contributed by atoms with van der Waals surface area (Å²) in [6.45, 7) is 7.62. The van der Waals surface area contributed by atoms with Crippen molar-refractivity contribution in [1.29, 1.82) is 0 Å². The van der Waals surface area contributed by atoms with Crippen LogP contribution in [0.15, 0.2) is 18.2 Å². The first kappa shape index (κ1) is 54.7. The van der Waals surface area contributed by atoms with E-state index in [1.807, 2.05) is 32.3 Å². The van der Waals surface area contributed by atoms with E-state index < -0.39 is 0 Å². The van der Waals surface area contributed by atoms with Crippen LogP contribution in [-0.4, -0.2) is 82.5 Å². The Morgan fingerprint density at radius 3 is 1.02 bits per heavy atom. The van der Waals surface area contributed by atoms with Crippen LogP contribution in [0.4, 0.5) is 0 Å². The second-order valence-corrected chi connectivity index (χ2v) is 16.4. The summed E-state index contributed by atoms with van der Waals surface area (Å²) in [6.07, 6.45) is 26.0. The van der Waals surface area contributed by atoms with Gasteiger partial charge in [-0.05, 0) is 70.3 Å². The zero-order chi connectivity index (χ0) is 43.7. The topological polar surface area (TPSA) is 127 Å². The molecule has 0 amide bonds. The summed E-state index contributed by atoms with van der Waals surface area (Å²) in [5.41, 5.74) is 1.05. The molecule has 346 valence electrons. The summed E-state index contributed by atoms with van der Waals surface area (Å²) in [7, 11) is 4.01. The predicted molar refractivity (Wildman–Crippen MR) is 239 cm³/mol. The molecule has 60 heavy (non-hydrogen) atoms. The van der Waals surface area contributed by atoms with Crippen molar-refractivity contribution < 1.29 is 47.6 Å². The zero-order valence-corrected chi connectivity index (χ0v) is 38.5. The molecule has 1 aromatic rings. The molecular formula is C49H85NO10. The van der Waals surface area contributed by atoms with Crippen LogP contribution in [0, 0.1) is 0 Å². The first-order valence-electron chi connectivity index (χ1n) is 23.9. The van der Waals surface area contributed by atoms with Gasteiger partial charge in [0.25, 0.3) is 0 Å². The largest absolute Gasteiger partial charge is 0.493 e. The van der Waals surface area contributed by atoms with Gasteiger partial charge in [-0.15, -0.1) is 0 Å². The number of esters is 4. The van der Waals surface area contributed by atoms with Crippen LogP contribution in [0.1, 0.15) is 199 Å². The van der Waals surface area contributed by atoms with Gasteiger partial charge in [0.1, 0.15) is 11.5 Å². The van der Waals surface area contributed by atoms with Gasteiger partial charge in [0, 0.05) is 51.1 Å². The van der Waals surface area contributed by atoms with Crippen LogP contribution in [0.2, 0.25) is 0 Å². The quantitative estimate of drug-likeness (QED) is 0.0354. The highest BCUT2D eigenvalue weighted by Crippen LogP contribution is 2.24. The number of rotatable bonds is 42. The lowest BCUT2D eigenvalue weighted by Gasteiger charge is -2.15. The smallest absolute Gasteiger partial charge is 0.305 e. The molecular weight excluding hydrogens is 763 g/mol. The van der Waals surface area contributed by atoms with Crippen LogP contribution in [0.25, 0.3) is 0 Å². The van der Waals surface area contributed by atoms with Gasteiger partial charge in [-0.2, -0.15) is 0 Å². The maximum atomic E-state index is 12.2. The van der Waals surface area contributed by atoms with Gasteiger partial charge in [-0.25, -0.2) is 0 Å². The number of ether oxygens (including phenoxy) is 6. The summed E-state index contributed by atoms with van der Waals surface area (Å²) in [6, 6.07) is 5.84. The van der Waals surface area contributed by atoms with Crippen LogP contribution in [0.3, 0.4) is 0 Å². The molecule has 11 heteroatoms. The Kier molecular flexibility index (Phi) is 36.2. The number of hydrogen-bond donors (Lipinski definition) is 0. The number of carbonyl (C=O) groups excluding carboxylic acids is 4. The van der Waals surface area contributed by atoms with E-state index >= 15 is 0 Å². The lowest BCUT2D eigenvalue weighted by molar-refractivity contribution is -0.145. The minimum absolute atomic E-state index is 0.0975. The minimum Gasteiger partial charge on any atom is -0.493 e. The Labute approximate surface area is 364 Å². The van der Waals surface area contributed by atoms with Crippen LogP contribution < -0.4 is 9.47 Å². The highest BCUT2D eigenvalue weighted by Gasteiger charge is 2.09. The number of unbranched alkanes of at least 4 members (excludes halogenated alkanes) is 18. The highest BCUT2D eigenvalue weighted by atomic mass is 16.5. The predicted octanol–water partition coefficient (Wildman–Crippen LogP) is 11.6. The molecule has 0 atom stereocenters. The van der Waals surface area contributed by atoms with E-state index in [1.54, 1.807) is 0 Å². The van der Waals surface area contributed by atoms with Crippen molar-refractivity contribution in [2.24, 2.45) is 0 Å².